The first kappa shape index (κ1) is 14.1. The summed E-state index contributed by atoms with van der Waals surface area (Å²) in [6.45, 7) is 0. The number of fused-ring (bicyclic) bond motifs is 1. The molecule has 0 aromatic heterocycles. The van der Waals surface area contributed by atoms with E-state index in [0.29, 0.717) is 5.41 Å². The van der Waals surface area contributed by atoms with E-state index in [-0.39, 0.29) is 11.6 Å². The number of nitrogens with two attached hydrogens (primary N) is 1. The molecule has 1 heterocycles. The second kappa shape index (κ2) is 4.99. The molecular weight excluding hydrogens is 326 g/mol. The Morgan fingerprint density at radius 3 is 2.48 bits per heavy atom. The summed E-state index contributed by atoms with van der Waals surface area (Å²) in [6.07, 6.45) is 11.8. The Kier molecular flexibility index (Phi) is 3.34. The van der Waals surface area contributed by atoms with E-state index in [0.717, 1.165) is 22.2 Å². The van der Waals surface area contributed by atoms with Crippen LogP contribution in [0, 0.1) is 5.41 Å². The third kappa shape index (κ3) is 2.43. The van der Waals surface area contributed by atoms with Crippen molar-refractivity contribution in [2.24, 2.45) is 11.1 Å². The van der Waals surface area contributed by atoms with Gasteiger partial charge < -0.3 is 10.5 Å². The van der Waals surface area contributed by atoms with Crippen LogP contribution in [0.3, 0.4) is 0 Å². The normalized spacial score (nSPS) is 29.3. The zero-order chi connectivity index (χ0) is 14.5. The van der Waals surface area contributed by atoms with Crippen molar-refractivity contribution in [1.29, 1.82) is 0 Å². The van der Waals surface area contributed by atoms with Crippen LogP contribution >= 0.6 is 15.9 Å². The van der Waals surface area contributed by atoms with E-state index in [1.165, 1.54) is 51.4 Å². The standard InChI is InChI=1S/C18H24BrNO/c19-13-3-4-16-14(11-13)15(20)12-18(21-16)9-7-17(8-10-18)5-1-2-6-17/h3-4,11,15H,1-2,5-10,12,20H2. The maximum atomic E-state index is 6.49. The van der Waals surface area contributed by atoms with Crippen LogP contribution in [0.15, 0.2) is 22.7 Å². The molecule has 21 heavy (non-hydrogen) atoms. The number of hydrogen-bond donors (Lipinski definition) is 1. The molecule has 1 unspecified atom stereocenters. The predicted octanol–water partition coefficient (Wildman–Crippen LogP) is 5.10. The minimum Gasteiger partial charge on any atom is -0.487 e. The van der Waals surface area contributed by atoms with Crippen LogP contribution < -0.4 is 10.5 Å². The van der Waals surface area contributed by atoms with Gasteiger partial charge in [-0.05, 0) is 62.1 Å². The third-order valence-electron chi connectivity index (χ3n) is 6.18. The van der Waals surface area contributed by atoms with Crippen molar-refractivity contribution in [2.75, 3.05) is 0 Å². The molecule has 0 bridgehead atoms. The summed E-state index contributed by atoms with van der Waals surface area (Å²) in [4.78, 5) is 0. The summed E-state index contributed by atoms with van der Waals surface area (Å²) in [5, 5.41) is 0. The minimum absolute atomic E-state index is 0.00802. The molecule has 4 rings (SSSR count). The Morgan fingerprint density at radius 2 is 1.76 bits per heavy atom. The predicted molar refractivity (Wildman–Crippen MR) is 88.4 cm³/mol. The van der Waals surface area contributed by atoms with Gasteiger partial charge in [-0.3, -0.25) is 0 Å². The average Bonchev–Trinajstić information content (AvgIpc) is 2.93. The summed E-state index contributed by atoms with van der Waals surface area (Å²) in [7, 11) is 0. The summed E-state index contributed by atoms with van der Waals surface area (Å²) < 4.78 is 7.58. The lowest BCUT2D eigenvalue weighted by Crippen LogP contribution is -2.47. The van der Waals surface area contributed by atoms with Crippen LogP contribution in [-0.2, 0) is 0 Å². The second-order valence-electron chi connectivity index (χ2n) is 7.48. The van der Waals surface area contributed by atoms with Gasteiger partial charge >= 0.3 is 0 Å². The van der Waals surface area contributed by atoms with Crippen molar-refractivity contribution in [2.45, 2.75) is 69.4 Å². The molecule has 3 heteroatoms. The first-order chi connectivity index (χ1) is 10.1. The van der Waals surface area contributed by atoms with E-state index < -0.39 is 0 Å². The molecule has 0 radical (unpaired) electrons. The van der Waals surface area contributed by atoms with Crippen LogP contribution in [0.25, 0.3) is 0 Å². The molecule has 1 atom stereocenters. The topological polar surface area (TPSA) is 35.2 Å². The van der Waals surface area contributed by atoms with Crippen molar-refractivity contribution < 1.29 is 4.74 Å². The number of halogens is 1. The highest BCUT2D eigenvalue weighted by atomic mass is 79.9. The van der Waals surface area contributed by atoms with E-state index in [9.17, 15) is 0 Å². The summed E-state index contributed by atoms with van der Waals surface area (Å²) >= 11 is 3.53. The molecule has 2 N–H and O–H groups in total. The lowest BCUT2D eigenvalue weighted by Gasteiger charge is -2.48. The van der Waals surface area contributed by atoms with Crippen LogP contribution in [0.2, 0.25) is 0 Å². The Hall–Kier alpha value is -0.540. The van der Waals surface area contributed by atoms with Gasteiger partial charge in [0.1, 0.15) is 11.4 Å². The lowest BCUT2D eigenvalue weighted by atomic mass is 9.65. The first-order valence-corrected chi connectivity index (χ1v) is 9.13. The molecule has 0 amide bonds. The van der Waals surface area contributed by atoms with Gasteiger partial charge in [-0.25, -0.2) is 0 Å². The maximum absolute atomic E-state index is 6.49. The van der Waals surface area contributed by atoms with Gasteiger partial charge in [-0.15, -0.1) is 0 Å². The third-order valence-corrected chi connectivity index (χ3v) is 6.67. The molecule has 2 fully saturated rings. The molecule has 1 aliphatic heterocycles. The van der Waals surface area contributed by atoms with Gasteiger partial charge in [-0.1, -0.05) is 28.8 Å². The monoisotopic (exact) mass is 349 g/mol. The fourth-order valence-corrected chi connectivity index (χ4v) is 5.23. The van der Waals surface area contributed by atoms with Gasteiger partial charge in [0.25, 0.3) is 0 Å². The minimum atomic E-state index is 0.00802. The number of benzene rings is 1. The average molecular weight is 350 g/mol. The maximum Gasteiger partial charge on any atom is 0.124 e. The SMILES string of the molecule is NC1CC2(CCC3(CCCC3)CC2)Oc2ccc(Br)cc21. The fourth-order valence-electron chi connectivity index (χ4n) is 4.85. The van der Waals surface area contributed by atoms with Gasteiger partial charge in [0, 0.05) is 22.5 Å². The van der Waals surface area contributed by atoms with E-state index in [1.807, 2.05) is 0 Å². The molecule has 0 saturated heterocycles. The summed E-state index contributed by atoms with van der Waals surface area (Å²) in [6, 6.07) is 6.38. The van der Waals surface area contributed by atoms with Gasteiger partial charge in [0.2, 0.25) is 0 Å². The van der Waals surface area contributed by atoms with Crippen molar-refractivity contribution in [1.82, 2.24) is 0 Å². The Bertz CT molecular complexity index is 540. The Labute approximate surface area is 135 Å². The zero-order valence-electron chi connectivity index (χ0n) is 12.5. The molecule has 2 spiro atoms. The van der Waals surface area contributed by atoms with Crippen molar-refractivity contribution in [3.05, 3.63) is 28.2 Å². The largest absolute Gasteiger partial charge is 0.487 e. The van der Waals surface area contributed by atoms with Crippen LogP contribution in [0.5, 0.6) is 5.75 Å². The molecule has 2 nitrogen and oxygen atoms in total. The molecule has 1 aromatic rings. The number of ether oxygens (including phenoxy) is 1. The highest BCUT2D eigenvalue weighted by Gasteiger charge is 2.47. The number of rotatable bonds is 0. The molecule has 114 valence electrons. The molecular formula is C18H24BrNO. The first-order valence-electron chi connectivity index (χ1n) is 8.34. The quantitative estimate of drug-likeness (QED) is 0.706. The second-order valence-corrected chi connectivity index (χ2v) is 8.40. The van der Waals surface area contributed by atoms with E-state index >= 15 is 0 Å². The molecule has 3 aliphatic rings. The molecule has 1 aromatic carbocycles. The smallest absolute Gasteiger partial charge is 0.124 e. The van der Waals surface area contributed by atoms with Crippen LogP contribution in [0.4, 0.5) is 0 Å². The Balaban J connectivity index is 1.56. The van der Waals surface area contributed by atoms with Crippen LogP contribution in [-0.4, -0.2) is 5.60 Å². The Morgan fingerprint density at radius 1 is 1.05 bits per heavy atom. The summed E-state index contributed by atoms with van der Waals surface area (Å²) in [5.41, 5.74) is 8.29. The van der Waals surface area contributed by atoms with Gasteiger partial charge in [0.05, 0.1) is 0 Å². The van der Waals surface area contributed by atoms with Crippen LogP contribution in [0.1, 0.15) is 69.4 Å². The van der Waals surface area contributed by atoms with Crippen molar-refractivity contribution in [3.63, 3.8) is 0 Å². The van der Waals surface area contributed by atoms with Gasteiger partial charge in [-0.2, -0.15) is 0 Å². The zero-order valence-corrected chi connectivity index (χ0v) is 14.1. The molecule has 2 aliphatic carbocycles. The molecule has 2 saturated carbocycles. The van der Waals surface area contributed by atoms with Crippen molar-refractivity contribution >= 4 is 15.9 Å². The van der Waals surface area contributed by atoms with Gasteiger partial charge in [0.15, 0.2) is 0 Å². The fraction of sp³-hybridized carbons (Fsp3) is 0.667. The lowest BCUT2D eigenvalue weighted by molar-refractivity contribution is -0.0327. The summed E-state index contributed by atoms with van der Waals surface area (Å²) in [5.74, 6) is 1.01. The number of hydrogen-bond acceptors (Lipinski definition) is 2. The van der Waals surface area contributed by atoms with E-state index in [1.54, 1.807) is 0 Å². The highest BCUT2D eigenvalue weighted by molar-refractivity contribution is 9.10. The van der Waals surface area contributed by atoms with E-state index in [2.05, 4.69) is 34.1 Å². The van der Waals surface area contributed by atoms with E-state index in [4.69, 9.17) is 10.5 Å². The highest BCUT2D eigenvalue weighted by Crippen LogP contribution is 2.55. The van der Waals surface area contributed by atoms with Crippen molar-refractivity contribution in [3.8, 4) is 5.75 Å².